The SMILES string of the molecule is C=CC/C(=N\OC(=O)c1ccccc1)c1ccccc1. The molecule has 0 aromatic heterocycles. The van der Waals surface area contributed by atoms with Gasteiger partial charge in [0.25, 0.3) is 0 Å². The van der Waals surface area contributed by atoms with Crippen molar-refractivity contribution in [3.63, 3.8) is 0 Å². The highest BCUT2D eigenvalue weighted by atomic mass is 16.7. The number of rotatable bonds is 5. The number of hydrogen-bond acceptors (Lipinski definition) is 3. The van der Waals surface area contributed by atoms with E-state index in [1.165, 1.54) is 0 Å². The number of carbonyl (C=O) groups is 1. The number of oxime groups is 1. The van der Waals surface area contributed by atoms with Crippen LogP contribution in [0.1, 0.15) is 22.3 Å². The number of hydrogen-bond donors (Lipinski definition) is 0. The predicted octanol–water partition coefficient (Wildman–Crippen LogP) is 3.82. The zero-order chi connectivity index (χ0) is 14.2. The fourth-order valence-electron chi connectivity index (χ4n) is 1.70. The summed E-state index contributed by atoms with van der Waals surface area (Å²) in [5, 5.41) is 3.96. The third kappa shape index (κ3) is 3.65. The van der Waals surface area contributed by atoms with E-state index in [-0.39, 0.29) is 0 Å². The summed E-state index contributed by atoms with van der Waals surface area (Å²) in [7, 11) is 0. The van der Waals surface area contributed by atoms with Crippen molar-refractivity contribution < 1.29 is 9.63 Å². The Morgan fingerprint density at radius 3 is 2.10 bits per heavy atom. The van der Waals surface area contributed by atoms with Gasteiger partial charge in [-0.1, -0.05) is 59.8 Å². The minimum atomic E-state index is -0.469. The Labute approximate surface area is 118 Å². The summed E-state index contributed by atoms with van der Waals surface area (Å²) in [5.74, 6) is -0.469. The standard InChI is InChI=1S/C17H15NO2/c1-2-9-16(14-10-5-3-6-11-14)18-20-17(19)15-12-7-4-8-13-15/h2-8,10-13H,1,9H2/b18-16+. The minimum absolute atomic E-state index is 0.469. The largest absolute Gasteiger partial charge is 0.365 e. The van der Waals surface area contributed by atoms with E-state index >= 15 is 0 Å². The summed E-state index contributed by atoms with van der Waals surface area (Å²) in [6.45, 7) is 3.69. The molecule has 0 unspecified atom stereocenters. The molecular formula is C17H15NO2. The quantitative estimate of drug-likeness (QED) is 0.357. The maximum atomic E-state index is 11.8. The van der Waals surface area contributed by atoms with Crippen LogP contribution in [0, 0.1) is 0 Å². The zero-order valence-corrected chi connectivity index (χ0v) is 11.0. The molecule has 0 radical (unpaired) electrons. The van der Waals surface area contributed by atoms with E-state index < -0.39 is 5.97 Å². The Hall–Kier alpha value is -2.68. The molecule has 3 heteroatoms. The number of carbonyl (C=O) groups excluding carboxylic acids is 1. The average molecular weight is 265 g/mol. The fraction of sp³-hybridized carbons (Fsp3) is 0.0588. The van der Waals surface area contributed by atoms with Crippen LogP contribution in [0.25, 0.3) is 0 Å². The lowest BCUT2D eigenvalue weighted by Gasteiger charge is -2.04. The van der Waals surface area contributed by atoms with E-state index in [1.54, 1.807) is 30.3 Å². The molecule has 3 nitrogen and oxygen atoms in total. The molecule has 100 valence electrons. The molecule has 20 heavy (non-hydrogen) atoms. The van der Waals surface area contributed by atoms with Crippen LogP contribution in [-0.2, 0) is 4.84 Å². The van der Waals surface area contributed by atoms with Crippen LogP contribution in [0.4, 0.5) is 0 Å². The molecule has 0 heterocycles. The summed E-state index contributed by atoms with van der Waals surface area (Å²) in [6.07, 6.45) is 2.26. The van der Waals surface area contributed by atoms with Gasteiger partial charge in [0, 0.05) is 6.42 Å². The van der Waals surface area contributed by atoms with Crippen molar-refractivity contribution in [1.29, 1.82) is 0 Å². The van der Waals surface area contributed by atoms with Crippen molar-refractivity contribution in [1.82, 2.24) is 0 Å². The van der Waals surface area contributed by atoms with Crippen molar-refractivity contribution in [2.24, 2.45) is 5.16 Å². The molecule has 0 saturated heterocycles. The van der Waals surface area contributed by atoms with Crippen LogP contribution >= 0.6 is 0 Å². The van der Waals surface area contributed by atoms with Gasteiger partial charge in [-0.2, -0.15) is 0 Å². The normalized spacial score (nSPS) is 10.9. The van der Waals surface area contributed by atoms with Gasteiger partial charge in [0.1, 0.15) is 0 Å². The Morgan fingerprint density at radius 1 is 1.00 bits per heavy atom. The molecule has 2 aromatic rings. The average Bonchev–Trinajstić information content (AvgIpc) is 2.53. The monoisotopic (exact) mass is 265 g/mol. The number of benzene rings is 2. The molecule has 2 rings (SSSR count). The van der Waals surface area contributed by atoms with Gasteiger partial charge in [-0.05, 0) is 17.7 Å². The Kier molecular flexibility index (Phi) is 4.84. The van der Waals surface area contributed by atoms with Gasteiger partial charge in [0.05, 0.1) is 11.3 Å². The van der Waals surface area contributed by atoms with Gasteiger partial charge in [-0.25, -0.2) is 4.79 Å². The van der Waals surface area contributed by atoms with E-state index in [2.05, 4.69) is 11.7 Å². The molecule has 0 atom stereocenters. The second-order valence-corrected chi connectivity index (χ2v) is 4.14. The summed E-state index contributed by atoms with van der Waals surface area (Å²) in [4.78, 5) is 16.8. The van der Waals surface area contributed by atoms with Gasteiger partial charge < -0.3 is 4.84 Å². The third-order valence-electron chi connectivity index (χ3n) is 2.69. The summed E-state index contributed by atoms with van der Waals surface area (Å²) < 4.78 is 0. The topological polar surface area (TPSA) is 38.7 Å². The van der Waals surface area contributed by atoms with Gasteiger partial charge in [-0.15, -0.1) is 6.58 Å². The lowest BCUT2D eigenvalue weighted by molar-refractivity contribution is 0.0516. The highest BCUT2D eigenvalue weighted by Gasteiger charge is 2.07. The van der Waals surface area contributed by atoms with E-state index in [1.807, 2.05) is 36.4 Å². The van der Waals surface area contributed by atoms with Crippen LogP contribution in [0.3, 0.4) is 0 Å². The molecule has 0 fully saturated rings. The first kappa shape index (κ1) is 13.7. The van der Waals surface area contributed by atoms with E-state index in [0.29, 0.717) is 17.7 Å². The van der Waals surface area contributed by atoms with E-state index in [0.717, 1.165) is 5.56 Å². The first-order valence-electron chi connectivity index (χ1n) is 6.31. The number of nitrogens with zero attached hydrogens (tertiary/aromatic N) is 1. The van der Waals surface area contributed by atoms with Gasteiger partial charge in [0.2, 0.25) is 0 Å². The lowest BCUT2D eigenvalue weighted by Crippen LogP contribution is -2.05. The number of allylic oxidation sites excluding steroid dienone is 1. The smallest absolute Gasteiger partial charge is 0.313 e. The highest BCUT2D eigenvalue weighted by molar-refractivity contribution is 6.01. The van der Waals surface area contributed by atoms with Crippen LogP contribution in [0.15, 0.2) is 78.5 Å². The van der Waals surface area contributed by atoms with E-state index in [9.17, 15) is 4.79 Å². The Balaban J connectivity index is 2.14. The molecule has 0 aliphatic rings. The lowest BCUT2D eigenvalue weighted by atomic mass is 10.1. The molecule has 0 bridgehead atoms. The third-order valence-corrected chi connectivity index (χ3v) is 2.69. The first-order chi connectivity index (χ1) is 9.81. The van der Waals surface area contributed by atoms with E-state index in [4.69, 9.17) is 4.84 Å². The first-order valence-corrected chi connectivity index (χ1v) is 6.31. The molecule has 0 spiro atoms. The Morgan fingerprint density at radius 2 is 1.55 bits per heavy atom. The minimum Gasteiger partial charge on any atom is -0.313 e. The van der Waals surface area contributed by atoms with Crippen LogP contribution in [-0.4, -0.2) is 11.7 Å². The summed E-state index contributed by atoms with van der Waals surface area (Å²) >= 11 is 0. The maximum Gasteiger partial charge on any atom is 0.365 e. The van der Waals surface area contributed by atoms with Crippen molar-refractivity contribution in [2.45, 2.75) is 6.42 Å². The summed E-state index contributed by atoms with van der Waals surface area (Å²) in [6, 6.07) is 18.3. The second-order valence-electron chi connectivity index (χ2n) is 4.14. The molecule has 0 N–H and O–H groups in total. The molecule has 0 aliphatic carbocycles. The second kappa shape index (κ2) is 7.04. The van der Waals surface area contributed by atoms with Gasteiger partial charge >= 0.3 is 5.97 Å². The molecule has 0 amide bonds. The van der Waals surface area contributed by atoms with Gasteiger partial charge in [-0.3, -0.25) is 0 Å². The molecular weight excluding hydrogens is 250 g/mol. The molecule has 2 aromatic carbocycles. The van der Waals surface area contributed by atoms with Crippen LogP contribution < -0.4 is 0 Å². The van der Waals surface area contributed by atoms with Crippen LogP contribution in [0.2, 0.25) is 0 Å². The highest BCUT2D eigenvalue weighted by Crippen LogP contribution is 2.07. The van der Waals surface area contributed by atoms with Crippen molar-refractivity contribution >= 4 is 11.7 Å². The van der Waals surface area contributed by atoms with Crippen LogP contribution in [0.5, 0.6) is 0 Å². The zero-order valence-electron chi connectivity index (χ0n) is 11.0. The van der Waals surface area contributed by atoms with Crippen molar-refractivity contribution in [3.8, 4) is 0 Å². The maximum absolute atomic E-state index is 11.8. The van der Waals surface area contributed by atoms with Crippen molar-refractivity contribution in [2.75, 3.05) is 0 Å². The summed E-state index contributed by atoms with van der Waals surface area (Å²) in [5.41, 5.74) is 2.06. The molecule has 0 saturated carbocycles. The molecule has 0 aliphatic heterocycles. The fourth-order valence-corrected chi connectivity index (χ4v) is 1.70. The van der Waals surface area contributed by atoms with Gasteiger partial charge in [0.15, 0.2) is 0 Å². The van der Waals surface area contributed by atoms with Crippen molar-refractivity contribution in [3.05, 3.63) is 84.4 Å². The Bertz CT molecular complexity index is 603. The predicted molar refractivity (Wildman–Crippen MR) is 79.7 cm³/mol.